The molecule has 124 valence electrons. The van der Waals surface area contributed by atoms with Gasteiger partial charge < -0.3 is 9.73 Å². The molecule has 24 heavy (non-hydrogen) atoms. The Bertz CT molecular complexity index is 908. The first-order valence-electron chi connectivity index (χ1n) is 6.69. The summed E-state index contributed by atoms with van der Waals surface area (Å²) < 4.78 is 42.0. The second-order valence-corrected chi connectivity index (χ2v) is 5.26. The number of amides is 1. The number of carbonyl (C=O) groups excluding carboxylic acids is 1. The first-order chi connectivity index (χ1) is 11.3. The standard InChI is InChI=1S/C15H9ClF3N3O2/c16-10-6-20-4-3-9(10)14-22-11-5-8(1-2-12(11)24-14)13(23)21-7-15(17,18)19/h1-6H,7H2,(H,21,23). The van der Waals surface area contributed by atoms with Crippen molar-refractivity contribution < 1.29 is 22.4 Å². The van der Waals surface area contributed by atoms with Crippen LogP contribution in [0.4, 0.5) is 13.2 Å². The number of hydrogen-bond acceptors (Lipinski definition) is 4. The molecule has 0 fully saturated rings. The van der Waals surface area contributed by atoms with E-state index in [0.29, 0.717) is 21.7 Å². The van der Waals surface area contributed by atoms with Crippen molar-refractivity contribution in [2.75, 3.05) is 6.54 Å². The van der Waals surface area contributed by atoms with Gasteiger partial charge in [-0.25, -0.2) is 4.98 Å². The van der Waals surface area contributed by atoms with Crippen LogP contribution in [0.25, 0.3) is 22.6 Å². The Morgan fingerprint density at radius 1 is 1.29 bits per heavy atom. The second-order valence-electron chi connectivity index (χ2n) is 4.85. The summed E-state index contributed by atoms with van der Waals surface area (Å²) in [6.45, 7) is -1.40. The monoisotopic (exact) mass is 355 g/mol. The normalized spacial score (nSPS) is 11.7. The van der Waals surface area contributed by atoms with Crippen LogP contribution in [0.5, 0.6) is 0 Å². The van der Waals surface area contributed by atoms with Crippen molar-refractivity contribution in [3.05, 3.63) is 47.2 Å². The van der Waals surface area contributed by atoms with Crippen LogP contribution in [-0.4, -0.2) is 28.6 Å². The molecule has 1 amide bonds. The number of halogens is 4. The molecule has 1 N–H and O–H groups in total. The van der Waals surface area contributed by atoms with Crippen molar-refractivity contribution in [3.8, 4) is 11.5 Å². The summed E-state index contributed by atoms with van der Waals surface area (Å²) in [5, 5.41) is 2.14. The molecule has 9 heteroatoms. The summed E-state index contributed by atoms with van der Waals surface area (Å²) in [5.74, 6) is -0.619. The molecule has 0 aliphatic heterocycles. The maximum absolute atomic E-state index is 12.2. The minimum Gasteiger partial charge on any atom is -0.436 e. The van der Waals surface area contributed by atoms with E-state index in [1.807, 2.05) is 0 Å². The highest BCUT2D eigenvalue weighted by Gasteiger charge is 2.28. The van der Waals surface area contributed by atoms with E-state index in [0.717, 1.165) is 0 Å². The highest BCUT2D eigenvalue weighted by atomic mass is 35.5. The first kappa shape index (κ1) is 16.3. The minimum atomic E-state index is -4.47. The molecule has 0 unspecified atom stereocenters. The Balaban J connectivity index is 1.89. The van der Waals surface area contributed by atoms with E-state index in [9.17, 15) is 18.0 Å². The van der Waals surface area contributed by atoms with Crippen LogP contribution >= 0.6 is 11.6 Å². The van der Waals surface area contributed by atoms with Gasteiger partial charge in [0.2, 0.25) is 5.89 Å². The third-order valence-corrected chi connectivity index (χ3v) is 3.40. The zero-order valence-corrected chi connectivity index (χ0v) is 12.6. The molecule has 0 spiro atoms. The van der Waals surface area contributed by atoms with Crippen LogP contribution < -0.4 is 5.32 Å². The fraction of sp³-hybridized carbons (Fsp3) is 0.133. The summed E-state index contributed by atoms with van der Waals surface area (Å²) in [6.07, 6.45) is -1.52. The molecule has 2 aromatic heterocycles. The number of rotatable bonds is 3. The molecule has 3 aromatic rings. The smallest absolute Gasteiger partial charge is 0.405 e. The highest BCUT2D eigenvalue weighted by Crippen LogP contribution is 2.29. The fourth-order valence-corrected chi connectivity index (χ4v) is 2.22. The van der Waals surface area contributed by atoms with E-state index >= 15 is 0 Å². The van der Waals surface area contributed by atoms with Crippen LogP contribution in [0.15, 0.2) is 41.1 Å². The third-order valence-electron chi connectivity index (χ3n) is 3.10. The largest absolute Gasteiger partial charge is 0.436 e. The van der Waals surface area contributed by atoms with Crippen molar-refractivity contribution in [2.24, 2.45) is 0 Å². The number of pyridine rings is 1. The van der Waals surface area contributed by atoms with E-state index in [4.69, 9.17) is 16.0 Å². The molecule has 0 aliphatic rings. The maximum atomic E-state index is 12.2. The van der Waals surface area contributed by atoms with Gasteiger partial charge in [0.05, 0.1) is 10.6 Å². The fourth-order valence-electron chi connectivity index (χ4n) is 2.02. The minimum absolute atomic E-state index is 0.0485. The summed E-state index contributed by atoms with van der Waals surface area (Å²) in [7, 11) is 0. The summed E-state index contributed by atoms with van der Waals surface area (Å²) >= 11 is 6.02. The second kappa shape index (κ2) is 6.12. The molecule has 3 rings (SSSR count). The predicted octanol–water partition coefficient (Wildman–Crippen LogP) is 3.84. The summed E-state index contributed by atoms with van der Waals surface area (Å²) in [4.78, 5) is 19.8. The lowest BCUT2D eigenvalue weighted by molar-refractivity contribution is -0.123. The molecule has 0 bridgehead atoms. The Labute approximate surface area is 138 Å². The van der Waals surface area contributed by atoms with Gasteiger partial charge in [-0.05, 0) is 24.3 Å². The zero-order chi connectivity index (χ0) is 17.3. The van der Waals surface area contributed by atoms with Gasteiger partial charge in [0.1, 0.15) is 12.1 Å². The van der Waals surface area contributed by atoms with E-state index in [2.05, 4.69) is 9.97 Å². The van der Waals surface area contributed by atoms with Gasteiger partial charge in [-0.1, -0.05) is 11.6 Å². The lowest BCUT2D eigenvalue weighted by Crippen LogP contribution is -2.33. The third kappa shape index (κ3) is 3.48. The predicted molar refractivity (Wildman–Crippen MR) is 80.6 cm³/mol. The van der Waals surface area contributed by atoms with Gasteiger partial charge in [0.25, 0.3) is 5.91 Å². The van der Waals surface area contributed by atoms with Gasteiger partial charge in [0.15, 0.2) is 5.58 Å². The molecule has 0 atom stereocenters. The number of nitrogens with one attached hydrogen (secondary N) is 1. The Kier molecular flexibility index (Phi) is 4.15. The van der Waals surface area contributed by atoms with Crippen molar-refractivity contribution in [1.82, 2.24) is 15.3 Å². The molecule has 2 heterocycles. The molecule has 1 aromatic carbocycles. The average Bonchev–Trinajstić information content (AvgIpc) is 2.95. The SMILES string of the molecule is O=C(NCC(F)(F)F)c1ccc2oc(-c3ccncc3Cl)nc2c1. The van der Waals surface area contributed by atoms with Gasteiger partial charge >= 0.3 is 6.18 Å². The van der Waals surface area contributed by atoms with Gasteiger partial charge in [-0.2, -0.15) is 13.2 Å². The molecule has 0 aliphatic carbocycles. The van der Waals surface area contributed by atoms with E-state index in [1.165, 1.54) is 30.6 Å². The summed E-state index contributed by atoms with van der Waals surface area (Å²) in [6, 6.07) is 5.79. The number of fused-ring (bicyclic) bond motifs is 1. The molecular formula is C15H9ClF3N3O2. The lowest BCUT2D eigenvalue weighted by atomic mass is 10.2. The van der Waals surface area contributed by atoms with E-state index in [1.54, 1.807) is 11.4 Å². The number of alkyl halides is 3. The Hall–Kier alpha value is -2.61. The van der Waals surface area contributed by atoms with Crippen LogP contribution in [0, 0.1) is 0 Å². The average molecular weight is 356 g/mol. The maximum Gasteiger partial charge on any atom is 0.405 e. The Morgan fingerprint density at radius 2 is 2.08 bits per heavy atom. The molecule has 0 saturated heterocycles. The highest BCUT2D eigenvalue weighted by molar-refractivity contribution is 6.33. The number of hydrogen-bond donors (Lipinski definition) is 1. The molecule has 0 radical (unpaired) electrons. The van der Waals surface area contributed by atoms with Gasteiger partial charge in [-0.3, -0.25) is 9.78 Å². The van der Waals surface area contributed by atoms with E-state index in [-0.39, 0.29) is 11.5 Å². The van der Waals surface area contributed by atoms with Gasteiger partial charge in [0, 0.05) is 18.0 Å². The van der Waals surface area contributed by atoms with Crippen molar-refractivity contribution in [3.63, 3.8) is 0 Å². The molecule has 0 saturated carbocycles. The lowest BCUT2D eigenvalue weighted by Gasteiger charge is -2.07. The first-order valence-corrected chi connectivity index (χ1v) is 7.07. The number of nitrogens with zero attached hydrogens (tertiary/aromatic N) is 2. The number of oxazole rings is 1. The van der Waals surface area contributed by atoms with E-state index < -0.39 is 18.6 Å². The number of benzene rings is 1. The number of aromatic nitrogens is 2. The van der Waals surface area contributed by atoms with Crippen LogP contribution in [-0.2, 0) is 0 Å². The number of carbonyl (C=O) groups is 1. The quantitative estimate of drug-likeness (QED) is 0.775. The Morgan fingerprint density at radius 3 is 2.79 bits per heavy atom. The van der Waals surface area contributed by atoms with Gasteiger partial charge in [-0.15, -0.1) is 0 Å². The van der Waals surface area contributed by atoms with Crippen molar-refractivity contribution in [1.29, 1.82) is 0 Å². The van der Waals surface area contributed by atoms with Crippen molar-refractivity contribution >= 4 is 28.6 Å². The van der Waals surface area contributed by atoms with Crippen molar-refractivity contribution in [2.45, 2.75) is 6.18 Å². The molecule has 5 nitrogen and oxygen atoms in total. The summed E-state index contributed by atoms with van der Waals surface area (Å²) in [5.41, 5.74) is 1.28. The van der Waals surface area contributed by atoms with Crippen LogP contribution in [0.2, 0.25) is 5.02 Å². The molecular weight excluding hydrogens is 347 g/mol. The topological polar surface area (TPSA) is 68.0 Å². The van der Waals surface area contributed by atoms with Crippen LogP contribution in [0.1, 0.15) is 10.4 Å². The zero-order valence-electron chi connectivity index (χ0n) is 11.9. The van der Waals surface area contributed by atoms with Crippen LogP contribution in [0.3, 0.4) is 0 Å².